The summed E-state index contributed by atoms with van der Waals surface area (Å²) in [6.45, 7) is 1.70. The Hall–Kier alpha value is -4.48. The lowest BCUT2D eigenvalue weighted by Gasteiger charge is -2.09. The maximum atomic E-state index is 12.1. The highest BCUT2D eigenvalue weighted by Crippen LogP contribution is 2.28. The van der Waals surface area contributed by atoms with Gasteiger partial charge in [-0.3, -0.25) is 24.5 Å². The van der Waals surface area contributed by atoms with Crippen LogP contribution in [-0.2, 0) is 23.9 Å². The van der Waals surface area contributed by atoms with E-state index in [-0.39, 0.29) is 36.5 Å². The second-order valence-corrected chi connectivity index (χ2v) is 7.82. The van der Waals surface area contributed by atoms with Gasteiger partial charge in [0.25, 0.3) is 11.6 Å². The van der Waals surface area contributed by atoms with Crippen LogP contribution >= 0.6 is 0 Å². The summed E-state index contributed by atoms with van der Waals surface area (Å²) in [7, 11) is 1.37. The molecule has 0 aliphatic heterocycles. The fourth-order valence-corrected chi connectivity index (χ4v) is 3.00. The minimum absolute atomic E-state index is 0.0259. The highest BCUT2D eigenvalue weighted by Gasteiger charge is 2.18. The van der Waals surface area contributed by atoms with Crippen LogP contribution in [0.1, 0.15) is 49.4 Å². The van der Waals surface area contributed by atoms with Crippen molar-refractivity contribution in [1.82, 2.24) is 0 Å². The number of amides is 2. The number of carbonyl (C=O) groups is 4. The maximum Gasteiger partial charge on any atom is 0.338 e. The first-order valence-corrected chi connectivity index (χ1v) is 11.6. The van der Waals surface area contributed by atoms with E-state index >= 15 is 0 Å². The molecule has 0 saturated carbocycles. The van der Waals surface area contributed by atoms with Crippen molar-refractivity contribution in [1.29, 1.82) is 0 Å². The molecule has 12 nitrogen and oxygen atoms in total. The molecule has 0 saturated heterocycles. The van der Waals surface area contributed by atoms with Gasteiger partial charge in [0.2, 0.25) is 5.91 Å². The van der Waals surface area contributed by atoms with E-state index in [1.807, 2.05) is 6.92 Å². The van der Waals surface area contributed by atoms with Gasteiger partial charge in [-0.1, -0.05) is 13.3 Å². The number of methoxy groups -OCH3 is 1. The van der Waals surface area contributed by atoms with Crippen molar-refractivity contribution < 1.29 is 38.3 Å². The van der Waals surface area contributed by atoms with Gasteiger partial charge in [0.15, 0.2) is 6.61 Å². The first-order chi connectivity index (χ1) is 17.7. The van der Waals surface area contributed by atoms with Gasteiger partial charge in [-0.05, 0) is 43.2 Å². The monoisotopic (exact) mass is 515 g/mol. The first-order valence-electron chi connectivity index (χ1n) is 11.6. The molecule has 0 aliphatic carbocycles. The quantitative estimate of drug-likeness (QED) is 0.165. The molecule has 37 heavy (non-hydrogen) atoms. The summed E-state index contributed by atoms with van der Waals surface area (Å²) in [5.74, 6) is -1.93. The third kappa shape index (κ3) is 9.96. The van der Waals surface area contributed by atoms with Crippen LogP contribution in [0.4, 0.5) is 17.1 Å². The molecule has 2 amide bonds. The zero-order valence-corrected chi connectivity index (χ0v) is 20.6. The number of esters is 2. The van der Waals surface area contributed by atoms with Crippen LogP contribution in [0.25, 0.3) is 0 Å². The first kappa shape index (κ1) is 28.8. The van der Waals surface area contributed by atoms with E-state index in [0.29, 0.717) is 23.6 Å². The number of rotatable bonds is 14. The number of hydrogen-bond donors (Lipinski definition) is 2. The molecule has 2 aromatic rings. The van der Waals surface area contributed by atoms with E-state index in [9.17, 15) is 29.3 Å². The van der Waals surface area contributed by atoms with E-state index in [2.05, 4.69) is 10.6 Å². The summed E-state index contributed by atoms with van der Waals surface area (Å²) in [6.07, 6.45) is 1.80. The van der Waals surface area contributed by atoms with Crippen LogP contribution in [0.2, 0.25) is 0 Å². The number of ether oxygens (including phenoxy) is 3. The Labute approximate surface area is 213 Å². The van der Waals surface area contributed by atoms with Crippen LogP contribution < -0.4 is 15.4 Å². The van der Waals surface area contributed by atoms with Crippen LogP contribution in [0.15, 0.2) is 42.5 Å². The summed E-state index contributed by atoms with van der Waals surface area (Å²) in [5.41, 5.74) is 0.430. The van der Waals surface area contributed by atoms with Crippen molar-refractivity contribution >= 4 is 40.8 Å². The summed E-state index contributed by atoms with van der Waals surface area (Å²) in [4.78, 5) is 58.4. The fourth-order valence-electron chi connectivity index (χ4n) is 3.00. The normalized spacial score (nSPS) is 10.2. The van der Waals surface area contributed by atoms with Crippen LogP contribution in [0.3, 0.4) is 0 Å². The number of nitrogens with one attached hydrogen (secondary N) is 2. The number of benzene rings is 2. The second-order valence-electron chi connectivity index (χ2n) is 7.82. The number of nitro groups is 1. The van der Waals surface area contributed by atoms with Crippen molar-refractivity contribution in [2.75, 3.05) is 31.0 Å². The summed E-state index contributed by atoms with van der Waals surface area (Å²) in [5, 5.41) is 16.1. The van der Waals surface area contributed by atoms with Crippen LogP contribution in [-0.4, -0.2) is 49.0 Å². The van der Waals surface area contributed by atoms with E-state index in [0.717, 1.165) is 12.8 Å². The van der Waals surface area contributed by atoms with Crippen LogP contribution in [0, 0.1) is 10.1 Å². The minimum Gasteiger partial charge on any atom is -0.497 e. The molecule has 2 rings (SSSR count). The highest BCUT2D eigenvalue weighted by molar-refractivity contribution is 5.95. The number of anilines is 2. The molecule has 2 aromatic carbocycles. The Balaban J connectivity index is 1.71. The van der Waals surface area contributed by atoms with Crippen molar-refractivity contribution in [2.45, 2.75) is 39.0 Å². The number of carbonyl (C=O) groups excluding carboxylic acids is 4. The standard InChI is InChI=1S/C25H29N3O9/c1-3-4-14-36-25(32)17-8-10-18(11-9-17)26-22(29)6-5-7-24(31)37-16-23(30)27-20-15-19(35-2)12-13-21(20)28(33)34/h8-13,15H,3-7,14,16H2,1-2H3,(H,26,29)(H,27,30). The van der Waals surface area contributed by atoms with Gasteiger partial charge in [-0.25, -0.2) is 4.79 Å². The van der Waals surface area contributed by atoms with Gasteiger partial charge in [-0.15, -0.1) is 0 Å². The largest absolute Gasteiger partial charge is 0.497 e. The average molecular weight is 516 g/mol. The third-order valence-electron chi connectivity index (χ3n) is 4.96. The summed E-state index contributed by atoms with van der Waals surface area (Å²) < 4.78 is 15.0. The molecule has 0 heterocycles. The Morgan fingerprint density at radius 1 is 0.919 bits per heavy atom. The third-order valence-corrected chi connectivity index (χ3v) is 4.96. The molecule has 0 aliphatic rings. The van der Waals surface area contributed by atoms with Gasteiger partial charge in [-0.2, -0.15) is 0 Å². The van der Waals surface area contributed by atoms with Crippen molar-refractivity contribution in [3.63, 3.8) is 0 Å². The van der Waals surface area contributed by atoms with Gasteiger partial charge in [0.05, 0.1) is 24.2 Å². The molecule has 0 aromatic heterocycles. The topological polar surface area (TPSA) is 163 Å². The average Bonchev–Trinajstić information content (AvgIpc) is 2.87. The summed E-state index contributed by atoms with van der Waals surface area (Å²) >= 11 is 0. The summed E-state index contributed by atoms with van der Waals surface area (Å²) in [6, 6.07) is 10.1. The molecule has 0 fully saturated rings. The number of unbranched alkanes of at least 4 members (excludes halogenated alkanes) is 1. The Kier molecular flexibility index (Phi) is 11.5. The second kappa shape index (κ2) is 14.8. The lowest BCUT2D eigenvalue weighted by atomic mass is 10.2. The molecule has 0 bridgehead atoms. The molecule has 0 spiro atoms. The van der Waals surface area contributed by atoms with E-state index in [1.54, 1.807) is 24.3 Å². The molecule has 198 valence electrons. The van der Waals surface area contributed by atoms with Crippen molar-refractivity contribution in [2.24, 2.45) is 0 Å². The lowest BCUT2D eigenvalue weighted by Crippen LogP contribution is -2.21. The zero-order chi connectivity index (χ0) is 27.2. The smallest absolute Gasteiger partial charge is 0.338 e. The molecular formula is C25H29N3O9. The Morgan fingerprint density at radius 2 is 1.65 bits per heavy atom. The Bertz CT molecular complexity index is 1120. The maximum absolute atomic E-state index is 12.1. The highest BCUT2D eigenvalue weighted by atomic mass is 16.6. The van der Waals surface area contributed by atoms with Gasteiger partial charge in [0, 0.05) is 30.7 Å². The van der Waals surface area contributed by atoms with Gasteiger partial charge >= 0.3 is 11.9 Å². The van der Waals surface area contributed by atoms with Crippen molar-refractivity contribution in [3.05, 3.63) is 58.1 Å². The molecule has 12 heteroatoms. The SMILES string of the molecule is CCCCOC(=O)c1ccc(NC(=O)CCCC(=O)OCC(=O)Nc2cc(OC)ccc2[N+](=O)[O-])cc1. The van der Waals surface area contributed by atoms with E-state index in [4.69, 9.17) is 14.2 Å². The lowest BCUT2D eigenvalue weighted by molar-refractivity contribution is -0.383. The molecule has 0 atom stereocenters. The minimum atomic E-state index is -0.764. The Morgan fingerprint density at radius 3 is 2.30 bits per heavy atom. The predicted octanol–water partition coefficient (Wildman–Crippen LogP) is 3.85. The molecular weight excluding hydrogens is 486 g/mol. The van der Waals surface area contributed by atoms with Crippen molar-refractivity contribution in [3.8, 4) is 5.75 Å². The van der Waals surface area contributed by atoms with E-state index in [1.165, 1.54) is 25.3 Å². The fraction of sp³-hybridized carbons (Fsp3) is 0.360. The van der Waals surface area contributed by atoms with Gasteiger partial charge < -0.3 is 24.8 Å². The van der Waals surface area contributed by atoms with Crippen LogP contribution in [0.5, 0.6) is 5.75 Å². The molecule has 0 unspecified atom stereocenters. The predicted molar refractivity (Wildman–Crippen MR) is 133 cm³/mol. The molecule has 0 radical (unpaired) electrons. The zero-order valence-electron chi connectivity index (χ0n) is 20.6. The molecule has 2 N–H and O–H groups in total. The number of nitro benzene ring substituents is 1. The number of hydrogen-bond acceptors (Lipinski definition) is 9. The van der Waals surface area contributed by atoms with E-state index < -0.39 is 29.4 Å². The van der Waals surface area contributed by atoms with Gasteiger partial charge in [0.1, 0.15) is 11.4 Å². The number of nitrogens with zero attached hydrogens (tertiary/aromatic N) is 1.